The van der Waals surface area contributed by atoms with Gasteiger partial charge in [-0.15, -0.1) is 0 Å². The second-order valence-electron chi connectivity index (χ2n) is 17.1. The van der Waals surface area contributed by atoms with Gasteiger partial charge in [-0.05, 0) is 32.6 Å². The lowest BCUT2D eigenvalue weighted by Gasteiger charge is -2.14. The van der Waals surface area contributed by atoms with Crippen molar-refractivity contribution in [2.45, 2.75) is 297 Å². The molecule has 0 bridgehead atoms. The van der Waals surface area contributed by atoms with Crippen molar-refractivity contribution in [2.24, 2.45) is 0 Å². The van der Waals surface area contributed by atoms with Crippen molar-refractivity contribution in [1.82, 2.24) is 4.98 Å². The molecule has 0 saturated heterocycles. The van der Waals surface area contributed by atoms with Crippen LogP contribution < -0.4 is 4.57 Å². The molecule has 2 heteroatoms. The van der Waals surface area contributed by atoms with Crippen LogP contribution in [-0.4, -0.2) is 4.98 Å². The predicted octanol–water partition coefficient (Wildman–Crippen LogP) is 17.2. The fourth-order valence-corrected chi connectivity index (χ4v) is 8.46. The van der Waals surface area contributed by atoms with E-state index in [2.05, 4.69) is 43.4 Å². The molecule has 2 nitrogen and oxygen atoms in total. The maximum atomic E-state index is 3.80. The minimum absolute atomic E-state index is 0.633. The van der Waals surface area contributed by atoms with Gasteiger partial charge in [-0.2, -0.15) is 0 Å². The summed E-state index contributed by atoms with van der Waals surface area (Å²) in [5.41, 5.74) is 1.59. The van der Waals surface area contributed by atoms with Crippen molar-refractivity contribution in [3.63, 3.8) is 0 Å². The lowest BCUT2D eigenvalue weighted by Crippen LogP contribution is -2.44. The molecule has 1 unspecified atom stereocenters. The Bertz CT molecular complexity index is 796. The molecule has 0 aromatic carbocycles. The van der Waals surface area contributed by atoms with Crippen LogP contribution in [0, 0.1) is 0 Å². The summed E-state index contributed by atoms with van der Waals surface area (Å²) >= 11 is 0. The van der Waals surface area contributed by atoms with E-state index in [9.17, 15) is 0 Å². The number of aryl methyl sites for hydroxylation is 2. The minimum Gasteiger partial charge on any atom is -0.247 e. The Balaban J connectivity index is 2.33. The predicted molar refractivity (Wildman–Crippen MR) is 230 cm³/mol. The largest absolute Gasteiger partial charge is 0.254 e. The molecule has 0 aliphatic rings. The number of imidazole rings is 1. The van der Waals surface area contributed by atoms with Crippen LogP contribution >= 0.6 is 0 Å². The maximum absolute atomic E-state index is 3.80. The van der Waals surface area contributed by atoms with Crippen LogP contribution in [0.1, 0.15) is 296 Å². The van der Waals surface area contributed by atoms with E-state index in [1.807, 2.05) is 0 Å². The first-order valence-electron chi connectivity index (χ1n) is 24.3. The van der Waals surface area contributed by atoms with E-state index in [1.165, 1.54) is 269 Å². The molecular formula is C49H97N2+. The summed E-state index contributed by atoms with van der Waals surface area (Å²) in [7, 11) is 0. The number of unbranched alkanes of at least 4 members (excludes halogenated alkanes) is 35. The van der Waals surface area contributed by atoms with Gasteiger partial charge in [0.1, 0.15) is 11.9 Å². The highest BCUT2D eigenvalue weighted by atomic mass is 15.1. The topological polar surface area (TPSA) is 19.7 Å². The Morgan fingerprint density at radius 3 is 0.980 bits per heavy atom. The molecule has 1 aromatic heterocycles. The molecule has 1 rings (SSSR count). The van der Waals surface area contributed by atoms with Gasteiger partial charge in [-0.25, -0.2) is 9.55 Å². The Labute approximate surface area is 323 Å². The van der Waals surface area contributed by atoms with Gasteiger partial charge in [-0.1, -0.05) is 245 Å². The third-order valence-corrected chi connectivity index (χ3v) is 12.0. The first-order chi connectivity index (χ1) is 25.2. The quantitative estimate of drug-likeness (QED) is 0.0514. The summed E-state index contributed by atoms with van der Waals surface area (Å²) in [6.07, 6.45) is 60.9. The number of nitrogens with one attached hydrogen (secondary N) is 1. The maximum Gasteiger partial charge on any atom is 0.254 e. The third-order valence-electron chi connectivity index (χ3n) is 12.0. The van der Waals surface area contributed by atoms with E-state index in [0.29, 0.717) is 6.04 Å². The average molecular weight is 714 g/mol. The van der Waals surface area contributed by atoms with Crippen LogP contribution in [0.2, 0.25) is 0 Å². The van der Waals surface area contributed by atoms with E-state index in [-0.39, 0.29) is 0 Å². The zero-order valence-electron chi connectivity index (χ0n) is 36.1. The second kappa shape index (κ2) is 38.9. The smallest absolute Gasteiger partial charge is 0.247 e. The Kier molecular flexibility index (Phi) is 36.8. The summed E-state index contributed by atoms with van der Waals surface area (Å²) in [4.78, 5) is 3.80. The van der Waals surface area contributed by atoms with Crippen molar-refractivity contribution in [3.8, 4) is 0 Å². The van der Waals surface area contributed by atoms with Crippen molar-refractivity contribution in [3.05, 3.63) is 17.7 Å². The summed E-state index contributed by atoms with van der Waals surface area (Å²) in [5, 5.41) is 0. The number of rotatable bonds is 42. The van der Waals surface area contributed by atoms with Gasteiger partial charge in [0.25, 0.3) is 5.82 Å². The number of H-pyrrole nitrogens is 1. The van der Waals surface area contributed by atoms with Crippen molar-refractivity contribution >= 4 is 0 Å². The molecule has 0 fully saturated rings. The SMILES string of the molecule is CCCCCCCCCCCCCCCCCc1c[nH]c(CCCCCCCCCCCCCCC)[n+]1C(C)CCCCCCCCCCCC. The van der Waals surface area contributed by atoms with Gasteiger partial charge < -0.3 is 0 Å². The van der Waals surface area contributed by atoms with Crippen LogP contribution in [0.15, 0.2) is 6.20 Å². The summed E-state index contributed by atoms with van der Waals surface area (Å²) < 4.78 is 2.78. The van der Waals surface area contributed by atoms with E-state index in [1.54, 1.807) is 5.69 Å². The van der Waals surface area contributed by atoms with Crippen LogP contribution in [0.25, 0.3) is 0 Å². The van der Waals surface area contributed by atoms with Gasteiger partial charge in [0.05, 0.1) is 6.04 Å². The average Bonchev–Trinajstić information content (AvgIpc) is 3.55. The highest BCUT2D eigenvalue weighted by molar-refractivity contribution is 4.93. The molecule has 1 aromatic rings. The molecule has 0 amide bonds. The second-order valence-corrected chi connectivity index (χ2v) is 17.1. The third kappa shape index (κ3) is 30.3. The van der Waals surface area contributed by atoms with Gasteiger partial charge in [0, 0.05) is 12.8 Å². The molecule has 1 N–H and O–H groups in total. The Morgan fingerprint density at radius 2 is 0.647 bits per heavy atom. The highest BCUT2D eigenvalue weighted by Gasteiger charge is 2.22. The number of hydrogen-bond acceptors (Lipinski definition) is 0. The van der Waals surface area contributed by atoms with Crippen LogP contribution in [0.4, 0.5) is 0 Å². The van der Waals surface area contributed by atoms with Crippen LogP contribution in [0.3, 0.4) is 0 Å². The number of aromatic nitrogens is 2. The standard InChI is InChI=1S/C49H96N2/c1-5-8-11-14-17-20-23-25-26-28-29-32-35-38-41-44-48-46-50-49(45-42-39-36-33-30-27-24-21-18-15-12-9-6-2)51(48)47(4)43-40-37-34-31-22-19-16-13-10-7-3/h46-47H,5-45H2,1-4H3/p+1. The molecule has 0 radical (unpaired) electrons. The first kappa shape index (κ1) is 48.2. The van der Waals surface area contributed by atoms with E-state index in [4.69, 9.17) is 0 Å². The lowest BCUT2D eigenvalue weighted by atomic mass is 10.0. The zero-order valence-corrected chi connectivity index (χ0v) is 36.1. The summed E-state index contributed by atoms with van der Waals surface area (Å²) in [6.45, 7) is 9.47. The molecule has 0 spiro atoms. The molecule has 0 aliphatic heterocycles. The normalized spacial score (nSPS) is 12.3. The van der Waals surface area contributed by atoms with Crippen molar-refractivity contribution in [2.75, 3.05) is 0 Å². The van der Waals surface area contributed by atoms with E-state index in [0.717, 1.165) is 0 Å². The number of hydrogen-bond donors (Lipinski definition) is 1. The van der Waals surface area contributed by atoms with E-state index >= 15 is 0 Å². The fourth-order valence-electron chi connectivity index (χ4n) is 8.46. The van der Waals surface area contributed by atoms with Crippen molar-refractivity contribution in [1.29, 1.82) is 0 Å². The molecular weight excluding hydrogens is 617 g/mol. The highest BCUT2D eigenvalue weighted by Crippen LogP contribution is 2.19. The molecule has 1 atom stereocenters. The van der Waals surface area contributed by atoms with Gasteiger partial charge in [0.2, 0.25) is 0 Å². The molecule has 1 heterocycles. The molecule has 0 saturated carbocycles. The molecule has 51 heavy (non-hydrogen) atoms. The Morgan fingerprint density at radius 1 is 0.373 bits per heavy atom. The van der Waals surface area contributed by atoms with Crippen molar-refractivity contribution < 1.29 is 4.57 Å². The van der Waals surface area contributed by atoms with Gasteiger partial charge in [-0.3, -0.25) is 0 Å². The van der Waals surface area contributed by atoms with Gasteiger partial charge in [0.15, 0.2) is 0 Å². The number of aromatic amines is 1. The van der Waals surface area contributed by atoms with Crippen LogP contribution in [0.5, 0.6) is 0 Å². The molecule has 302 valence electrons. The number of nitrogens with zero attached hydrogens (tertiary/aromatic N) is 1. The molecule has 0 aliphatic carbocycles. The monoisotopic (exact) mass is 714 g/mol. The van der Waals surface area contributed by atoms with Crippen LogP contribution in [-0.2, 0) is 12.8 Å². The zero-order chi connectivity index (χ0) is 36.7. The summed E-state index contributed by atoms with van der Waals surface area (Å²) in [6, 6.07) is 0.633. The Hall–Kier alpha value is -0.790. The summed E-state index contributed by atoms with van der Waals surface area (Å²) in [5.74, 6) is 1.52. The minimum atomic E-state index is 0.633. The first-order valence-corrected chi connectivity index (χ1v) is 24.3. The van der Waals surface area contributed by atoms with E-state index < -0.39 is 0 Å². The lowest BCUT2D eigenvalue weighted by molar-refractivity contribution is -0.732. The fraction of sp³-hybridized carbons (Fsp3) is 0.939. The van der Waals surface area contributed by atoms with Gasteiger partial charge >= 0.3 is 0 Å².